The van der Waals surface area contributed by atoms with E-state index < -0.39 is 6.61 Å². The molecule has 4 nitrogen and oxygen atoms in total. The van der Waals surface area contributed by atoms with E-state index in [1.54, 1.807) is 44.1 Å². The minimum Gasteiger partial charge on any atom is -0.495 e. The van der Waals surface area contributed by atoms with Gasteiger partial charge < -0.3 is 9.47 Å². The number of alkyl halides is 2. The molecule has 27 heavy (non-hydrogen) atoms. The standard InChI is InChI=1S/C20H22F2N2O2S/c1-12-8-13(6-7-15(12)26-19(21)22)14-10-23-18-9-16(25-5)17(11-24(14)18)27-20(2,3)4/h6-11,19H,1-5H3. The molecule has 0 N–H and O–H groups in total. The summed E-state index contributed by atoms with van der Waals surface area (Å²) in [5.41, 5.74) is 3.14. The molecule has 1 aromatic carbocycles. The summed E-state index contributed by atoms with van der Waals surface area (Å²) >= 11 is 1.71. The molecule has 0 saturated heterocycles. The maximum Gasteiger partial charge on any atom is 0.387 e. The number of methoxy groups -OCH3 is 1. The lowest BCUT2D eigenvalue weighted by Crippen LogP contribution is -2.07. The highest BCUT2D eigenvalue weighted by molar-refractivity contribution is 8.00. The zero-order chi connectivity index (χ0) is 19.8. The Labute approximate surface area is 161 Å². The van der Waals surface area contributed by atoms with Crippen LogP contribution >= 0.6 is 11.8 Å². The normalized spacial score (nSPS) is 12.0. The lowest BCUT2D eigenvalue weighted by atomic mass is 10.1. The van der Waals surface area contributed by atoms with Crippen LogP contribution in [-0.2, 0) is 0 Å². The third kappa shape index (κ3) is 4.35. The van der Waals surface area contributed by atoms with Crippen LogP contribution in [-0.4, -0.2) is 27.9 Å². The molecular weight excluding hydrogens is 370 g/mol. The molecule has 3 rings (SSSR count). The maximum absolute atomic E-state index is 12.5. The fourth-order valence-corrected chi connectivity index (χ4v) is 3.86. The first kappa shape index (κ1) is 19.5. The lowest BCUT2D eigenvalue weighted by molar-refractivity contribution is -0.0502. The van der Waals surface area contributed by atoms with Gasteiger partial charge in [-0.25, -0.2) is 4.98 Å². The van der Waals surface area contributed by atoms with Crippen LogP contribution < -0.4 is 9.47 Å². The van der Waals surface area contributed by atoms with Gasteiger partial charge >= 0.3 is 6.61 Å². The number of hydrogen-bond acceptors (Lipinski definition) is 4. The lowest BCUT2D eigenvalue weighted by Gasteiger charge is -2.19. The van der Waals surface area contributed by atoms with E-state index in [0.717, 1.165) is 27.5 Å². The van der Waals surface area contributed by atoms with E-state index in [1.807, 2.05) is 22.7 Å². The molecule has 2 heterocycles. The van der Waals surface area contributed by atoms with Crippen molar-refractivity contribution < 1.29 is 18.3 Å². The number of ether oxygens (including phenoxy) is 2. The third-order valence-electron chi connectivity index (χ3n) is 3.90. The van der Waals surface area contributed by atoms with Gasteiger partial charge in [0.25, 0.3) is 0 Å². The molecule has 0 unspecified atom stereocenters. The molecule has 0 bridgehead atoms. The number of nitrogens with zero attached hydrogens (tertiary/aromatic N) is 2. The molecule has 0 aliphatic heterocycles. The fourth-order valence-electron chi connectivity index (χ4n) is 2.80. The summed E-state index contributed by atoms with van der Waals surface area (Å²) in [5.74, 6) is 0.949. The number of fused-ring (bicyclic) bond motifs is 1. The fraction of sp³-hybridized carbons (Fsp3) is 0.350. The van der Waals surface area contributed by atoms with Gasteiger partial charge in [-0.1, -0.05) is 20.8 Å². The minimum absolute atomic E-state index is 0.0204. The number of hydrogen-bond donors (Lipinski definition) is 0. The Morgan fingerprint density at radius 1 is 1.15 bits per heavy atom. The van der Waals surface area contributed by atoms with E-state index in [2.05, 4.69) is 30.5 Å². The molecule has 0 atom stereocenters. The quantitative estimate of drug-likeness (QED) is 0.513. The van der Waals surface area contributed by atoms with Gasteiger partial charge in [-0.05, 0) is 30.7 Å². The smallest absolute Gasteiger partial charge is 0.387 e. The van der Waals surface area contributed by atoms with Crippen LogP contribution in [0.4, 0.5) is 8.78 Å². The second-order valence-corrected chi connectivity index (χ2v) is 9.02. The number of aryl methyl sites for hydroxylation is 1. The van der Waals surface area contributed by atoms with Gasteiger partial charge in [0.05, 0.1) is 23.9 Å². The molecule has 0 fully saturated rings. The van der Waals surface area contributed by atoms with Crippen molar-refractivity contribution >= 4 is 17.4 Å². The molecule has 7 heteroatoms. The summed E-state index contributed by atoms with van der Waals surface area (Å²) < 4.78 is 37.0. The summed E-state index contributed by atoms with van der Waals surface area (Å²) in [5, 5.41) is 0. The van der Waals surface area contributed by atoms with E-state index in [4.69, 9.17) is 4.74 Å². The molecule has 0 spiro atoms. The topological polar surface area (TPSA) is 35.8 Å². The predicted octanol–water partition coefficient (Wildman–Crippen LogP) is 5.81. The second-order valence-electron chi connectivity index (χ2n) is 7.15. The van der Waals surface area contributed by atoms with Crippen LogP contribution in [0, 0.1) is 6.92 Å². The van der Waals surface area contributed by atoms with Crippen molar-refractivity contribution in [3.63, 3.8) is 0 Å². The molecule has 0 radical (unpaired) electrons. The van der Waals surface area contributed by atoms with Crippen LogP contribution in [0.2, 0.25) is 0 Å². The van der Waals surface area contributed by atoms with Crippen LogP contribution in [0.25, 0.3) is 16.9 Å². The van der Waals surface area contributed by atoms with E-state index in [1.165, 1.54) is 0 Å². The highest BCUT2D eigenvalue weighted by Gasteiger charge is 2.18. The van der Waals surface area contributed by atoms with Crippen LogP contribution in [0.3, 0.4) is 0 Å². The third-order valence-corrected chi connectivity index (χ3v) is 5.04. The largest absolute Gasteiger partial charge is 0.495 e. The number of pyridine rings is 1. The summed E-state index contributed by atoms with van der Waals surface area (Å²) in [6, 6.07) is 7.04. The van der Waals surface area contributed by atoms with Gasteiger partial charge in [-0.2, -0.15) is 8.78 Å². The van der Waals surface area contributed by atoms with Crippen LogP contribution in [0.15, 0.2) is 41.6 Å². The first-order chi connectivity index (χ1) is 12.7. The Kier molecular flexibility index (Phi) is 5.33. The van der Waals surface area contributed by atoms with Gasteiger partial charge in [0.2, 0.25) is 0 Å². The Hall–Kier alpha value is -2.28. The van der Waals surface area contributed by atoms with Gasteiger partial charge in [0, 0.05) is 22.6 Å². The first-order valence-electron chi connectivity index (χ1n) is 8.48. The summed E-state index contributed by atoms with van der Waals surface area (Å²) in [6.45, 7) is 5.33. The molecule has 0 aliphatic rings. The molecule has 3 aromatic rings. The molecule has 0 aliphatic carbocycles. The Morgan fingerprint density at radius 3 is 2.48 bits per heavy atom. The molecule has 2 aromatic heterocycles. The van der Waals surface area contributed by atoms with Crippen molar-refractivity contribution in [3.05, 3.63) is 42.2 Å². The van der Waals surface area contributed by atoms with Crippen molar-refractivity contribution in [1.29, 1.82) is 0 Å². The minimum atomic E-state index is -2.84. The van der Waals surface area contributed by atoms with Crippen molar-refractivity contribution in [2.45, 2.75) is 43.9 Å². The number of imidazole rings is 1. The average Bonchev–Trinajstić information content (AvgIpc) is 2.97. The van der Waals surface area contributed by atoms with Crippen molar-refractivity contribution in [1.82, 2.24) is 9.38 Å². The molecule has 0 saturated carbocycles. The van der Waals surface area contributed by atoms with Crippen molar-refractivity contribution in [2.75, 3.05) is 7.11 Å². The van der Waals surface area contributed by atoms with Gasteiger partial charge in [-0.3, -0.25) is 4.40 Å². The van der Waals surface area contributed by atoms with E-state index in [0.29, 0.717) is 5.56 Å². The maximum atomic E-state index is 12.5. The summed E-state index contributed by atoms with van der Waals surface area (Å²) in [6.07, 6.45) is 3.77. The Balaban J connectivity index is 2.07. The van der Waals surface area contributed by atoms with Gasteiger partial charge in [-0.15, -0.1) is 11.8 Å². The zero-order valence-corrected chi connectivity index (χ0v) is 16.7. The molecule has 144 valence electrons. The average molecular weight is 392 g/mol. The number of aromatic nitrogens is 2. The molecule has 0 amide bonds. The zero-order valence-electron chi connectivity index (χ0n) is 15.9. The van der Waals surface area contributed by atoms with Crippen molar-refractivity contribution in [2.24, 2.45) is 0 Å². The van der Waals surface area contributed by atoms with E-state index in [9.17, 15) is 8.78 Å². The van der Waals surface area contributed by atoms with Crippen LogP contribution in [0.1, 0.15) is 26.3 Å². The predicted molar refractivity (Wildman–Crippen MR) is 104 cm³/mol. The number of halogens is 2. The highest BCUT2D eigenvalue weighted by Crippen LogP contribution is 2.39. The number of rotatable bonds is 5. The summed E-state index contributed by atoms with van der Waals surface area (Å²) in [7, 11) is 1.65. The second kappa shape index (κ2) is 7.38. The number of benzene rings is 1. The highest BCUT2D eigenvalue weighted by atomic mass is 32.2. The Morgan fingerprint density at radius 2 is 1.89 bits per heavy atom. The Bertz CT molecular complexity index is 965. The molecular formula is C20H22F2N2O2S. The van der Waals surface area contributed by atoms with Crippen molar-refractivity contribution in [3.8, 4) is 22.8 Å². The SMILES string of the molecule is COc1cc2ncc(-c3ccc(OC(F)F)c(C)c3)n2cc1SC(C)(C)C. The van der Waals surface area contributed by atoms with E-state index in [-0.39, 0.29) is 10.5 Å². The first-order valence-corrected chi connectivity index (χ1v) is 9.29. The summed E-state index contributed by atoms with van der Waals surface area (Å²) in [4.78, 5) is 5.47. The number of thioether (sulfide) groups is 1. The van der Waals surface area contributed by atoms with Gasteiger partial charge in [0.15, 0.2) is 0 Å². The van der Waals surface area contributed by atoms with Gasteiger partial charge in [0.1, 0.15) is 17.1 Å². The van der Waals surface area contributed by atoms with Crippen LogP contribution in [0.5, 0.6) is 11.5 Å². The van der Waals surface area contributed by atoms with E-state index >= 15 is 0 Å². The monoisotopic (exact) mass is 392 g/mol.